The van der Waals surface area contributed by atoms with Crippen LogP contribution >= 0.6 is 0 Å². The molecular weight excluding hydrogens is 356 g/mol. The lowest BCUT2D eigenvalue weighted by atomic mass is 10.0. The van der Waals surface area contributed by atoms with E-state index in [1.807, 2.05) is 36.4 Å². The van der Waals surface area contributed by atoms with Gasteiger partial charge in [-0.1, -0.05) is 42.5 Å². The molecule has 1 heterocycles. The molecule has 2 amide bonds. The third-order valence-corrected chi connectivity index (χ3v) is 4.47. The molecule has 0 aromatic heterocycles. The number of hydrogen-bond donors (Lipinski definition) is 0. The first kappa shape index (κ1) is 19.4. The number of ether oxygens (including phenoxy) is 1. The van der Waals surface area contributed by atoms with E-state index in [2.05, 4.69) is 0 Å². The highest BCUT2D eigenvalue weighted by atomic mass is 16.5. The first-order valence-corrected chi connectivity index (χ1v) is 9.16. The summed E-state index contributed by atoms with van der Waals surface area (Å²) in [6.07, 6.45) is 1.73. The number of benzene rings is 2. The Labute approximate surface area is 164 Å². The van der Waals surface area contributed by atoms with Gasteiger partial charge in [0.05, 0.1) is 18.0 Å². The predicted molar refractivity (Wildman–Crippen MR) is 106 cm³/mol. The van der Waals surface area contributed by atoms with E-state index in [9.17, 15) is 14.4 Å². The number of carbonyl (C=O) groups is 3. The summed E-state index contributed by atoms with van der Waals surface area (Å²) in [4.78, 5) is 38.1. The Morgan fingerprint density at radius 1 is 0.929 bits per heavy atom. The number of anilines is 2. The maximum Gasteiger partial charge on any atom is 0.333 e. The van der Waals surface area contributed by atoms with E-state index in [1.165, 1.54) is 10.0 Å². The molecule has 2 aromatic carbocycles. The summed E-state index contributed by atoms with van der Waals surface area (Å²) in [6, 6.07) is 18.1. The van der Waals surface area contributed by atoms with Crippen molar-refractivity contribution in [2.45, 2.75) is 20.3 Å². The molecule has 1 fully saturated rings. The zero-order chi connectivity index (χ0) is 20.1. The SMILES string of the molecule is CCOC(=O)/C(C)=C/CC1C(=O)N(c2ccccc2)N(c2ccccc2)C1=O. The second kappa shape index (κ2) is 8.52. The monoisotopic (exact) mass is 378 g/mol. The molecule has 3 rings (SSSR count). The van der Waals surface area contributed by atoms with Gasteiger partial charge >= 0.3 is 5.97 Å². The van der Waals surface area contributed by atoms with Crippen molar-refractivity contribution in [3.63, 3.8) is 0 Å². The van der Waals surface area contributed by atoms with Crippen LogP contribution in [-0.4, -0.2) is 24.4 Å². The van der Waals surface area contributed by atoms with Crippen molar-refractivity contribution >= 4 is 29.2 Å². The van der Waals surface area contributed by atoms with Crippen LogP contribution in [0, 0.1) is 5.92 Å². The Kier molecular flexibility index (Phi) is 5.89. The average Bonchev–Trinajstić information content (AvgIpc) is 2.97. The van der Waals surface area contributed by atoms with Crippen molar-refractivity contribution in [3.8, 4) is 0 Å². The van der Waals surface area contributed by atoms with Gasteiger partial charge in [-0.05, 0) is 44.5 Å². The highest BCUT2D eigenvalue weighted by Crippen LogP contribution is 2.33. The lowest BCUT2D eigenvalue weighted by Crippen LogP contribution is -2.41. The normalized spacial score (nSPS) is 15.3. The maximum absolute atomic E-state index is 13.1. The van der Waals surface area contributed by atoms with Gasteiger partial charge in [-0.2, -0.15) is 0 Å². The van der Waals surface area contributed by atoms with E-state index in [0.29, 0.717) is 16.9 Å². The molecule has 0 saturated carbocycles. The fraction of sp³-hybridized carbons (Fsp3) is 0.227. The van der Waals surface area contributed by atoms with Gasteiger partial charge in [0.25, 0.3) is 11.8 Å². The van der Waals surface area contributed by atoms with E-state index in [0.717, 1.165) is 0 Å². The predicted octanol–water partition coefficient (Wildman–Crippen LogP) is 3.50. The van der Waals surface area contributed by atoms with Crippen molar-refractivity contribution in [3.05, 3.63) is 72.3 Å². The molecule has 1 aliphatic rings. The third kappa shape index (κ3) is 3.81. The van der Waals surface area contributed by atoms with Gasteiger partial charge in [0.15, 0.2) is 0 Å². The van der Waals surface area contributed by atoms with Gasteiger partial charge in [0, 0.05) is 5.57 Å². The van der Waals surface area contributed by atoms with Gasteiger partial charge in [0.1, 0.15) is 5.92 Å². The van der Waals surface area contributed by atoms with E-state index >= 15 is 0 Å². The number of esters is 1. The number of para-hydroxylation sites is 2. The lowest BCUT2D eigenvalue weighted by molar-refractivity contribution is -0.138. The average molecular weight is 378 g/mol. The van der Waals surface area contributed by atoms with Crippen LogP contribution in [0.4, 0.5) is 11.4 Å². The van der Waals surface area contributed by atoms with E-state index in [4.69, 9.17) is 4.74 Å². The summed E-state index contributed by atoms with van der Waals surface area (Å²) in [6.45, 7) is 3.62. The van der Waals surface area contributed by atoms with Crippen LogP contribution < -0.4 is 10.0 Å². The molecule has 0 aliphatic carbocycles. The Morgan fingerprint density at radius 2 is 1.39 bits per heavy atom. The van der Waals surface area contributed by atoms with Crippen LogP contribution in [0.1, 0.15) is 20.3 Å². The molecule has 0 bridgehead atoms. The van der Waals surface area contributed by atoms with Crippen molar-refractivity contribution in [1.29, 1.82) is 0 Å². The van der Waals surface area contributed by atoms with Crippen LogP contribution in [0.15, 0.2) is 72.3 Å². The summed E-state index contributed by atoms with van der Waals surface area (Å²) >= 11 is 0. The van der Waals surface area contributed by atoms with Gasteiger partial charge < -0.3 is 4.74 Å². The van der Waals surface area contributed by atoms with Crippen LogP contribution in [-0.2, 0) is 19.1 Å². The Bertz CT molecular complexity index is 836. The molecule has 1 saturated heterocycles. The molecule has 0 N–H and O–H groups in total. The summed E-state index contributed by atoms with van der Waals surface area (Å²) in [7, 11) is 0. The van der Waals surface area contributed by atoms with Crippen molar-refractivity contribution < 1.29 is 19.1 Å². The topological polar surface area (TPSA) is 66.9 Å². The zero-order valence-corrected chi connectivity index (χ0v) is 15.9. The fourth-order valence-electron chi connectivity index (χ4n) is 3.05. The van der Waals surface area contributed by atoms with Gasteiger partial charge in [-0.15, -0.1) is 0 Å². The summed E-state index contributed by atoms with van der Waals surface area (Å²) in [5, 5.41) is 2.80. The number of hydrogen-bond acceptors (Lipinski definition) is 4. The summed E-state index contributed by atoms with van der Waals surface area (Å²) in [5.41, 5.74) is 1.60. The molecule has 1 aliphatic heterocycles. The number of hydrazine groups is 1. The number of allylic oxidation sites excluding steroid dienone is 1. The lowest BCUT2D eigenvalue weighted by Gasteiger charge is -2.27. The second-order valence-electron chi connectivity index (χ2n) is 6.37. The zero-order valence-electron chi connectivity index (χ0n) is 15.9. The number of carbonyl (C=O) groups excluding carboxylic acids is 3. The molecule has 2 aromatic rings. The molecule has 6 heteroatoms. The Morgan fingerprint density at radius 3 is 1.82 bits per heavy atom. The standard InChI is InChI=1S/C22H22N2O4/c1-3-28-22(27)16(2)14-15-19-20(25)23(17-10-6-4-7-11-17)24(21(19)26)18-12-8-5-9-13-18/h4-14,19H,3,15H2,1-2H3/b16-14+. The van der Waals surface area contributed by atoms with Crippen LogP contribution in [0.3, 0.4) is 0 Å². The first-order chi connectivity index (χ1) is 13.5. The second-order valence-corrected chi connectivity index (χ2v) is 6.37. The summed E-state index contributed by atoms with van der Waals surface area (Å²) in [5.74, 6) is -1.99. The minimum Gasteiger partial charge on any atom is -0.463 e. The Hall–Kier alpha value is -3.41. The smallest absolute Gasteiger partial charge is 0.333 e. The number of nitrogens with zero attached hydrogens (tertiary/aromatic N) is 2. The van der Waals surface area contributed by atoms with E-state index in [1.54, 1.807) is 44.2 Å². The number of rotatable bonds is 6. The quantitative estimate of drug-likeness (QED) is 0.438. The highest BCUT2D eigenvalue weighted by Gasteiger charge is 2.46. The minimum absolute atomic E-state index is 0.134. The van der Waals surface area contributed by atoms with Crippen molar-refractivity contribution in [1.82, 2.24) is 0 Å². The van der Waals surface area contributed by atoms with Crippen LogP contribution in [0.2, 0.25) is 0 Å². The third-order valence-electron chi connectivity index (χ3n) is 4.47. The largest absolute Gasteiger partial charge is 0.463 e. The first-order valence-electron chi connectivity index (χ1n) is 9.16. The molecule has 0 unspecified atom stereocenters. The van der Waals surface area contributed by atoms with Gasteiger partial charge in [-0.3, -0.25) is 9.59 Å². The van der Waals surface area contributed by atoms with E-state index in [-0.39, 0.29) is 24.8 Å². The maximum atomic E-state index is 13.1. The van der Waals surface area contributed by atoms with E-state index < -0.39 is 11.9 Å². The minimum atomic E-state index is -0.898. The van der Waals surface area contributed by atoms with Crippen LogP contribution in [0.5, 0.6) is 0 Å². The Balaban J connectivity index is 1.93. The van der Waals surface area contributed by atoms with Crippen molar-refractivity contribution in [2.75, 3.05) is 16.6 Å². The molecule has 0 atom stereocenters. The molecule has 0 spiro atoms. The molecule has 6 nitrogen and oxygen atoms in total. The summed E-state index contributed by atoms with van der Waals surface area (Å²) < 4.78 is 4.96. The molecule has 28 heavy (non-hydrogen) atoms. The molecular formula is C22H22N2O4. The van der Waals surface area contributed by atoms with Crippen LogP contribution in [0.25, 0.3) is 0 Å². The molecule has 144 valence electrons. The fourth-order valence-corrected chi connectivity index (χ4v) is 3.05. The van der Waals surface area contributed by atoms with Crippen molar-refractivity contribution in [2.24, 2.45) is 5.92 Å². The molecule has 0 radical (unpaired) electrons. The van der Waals surface area contributed by atoms with Gasteiger partial charge in [-0.25, -0.2) is 14.8 Å². The highest BCUT2D eigenvalue weighted by molar-refractivity contribution is 6.23. The van der Waals surface area contributed by atoms with Gasteiger partial charge in [0.2, 0.25) is 0 Å². The number of amides is 2.